The molecule has 1 aromatic heterocycles. The third kappa shape index (κ3) is 3.01. The van der Waals surface area contributed by atoms with Gasteiger partial charge in [0.2, 0.25) is 11.9 Å². The van der Waals surface area contributed by atoms with Gasteiger partial charge >= 0.3 is 6.03 Å². The number of carbonyl (C=O) groups is 3. The summed E-state index contributed by atoms with van der Waals surface area (Å²) in [5, 5.41) is 11.1. The molecular weight excluding hydrogens is 328 g/mol. The van der Waals surface area contributed by atoms with Gasteiger partial charge in [0, 0.05) is 0 Å². The van der Waals surface area contributed by atoms with Crippen LogP contribution < -0.4 is 15.4 Å². The number of amides is 4. The molecule has 3 rings (SSSR count). The van der Waals surface area contributed by atoms with Gasteiger partial charge in [-0.3, -0.25) is 19.8 Å². The highest BCUT2D eigenvalue weighted by Gasteiger charge is 2.49. The van der Waals surface area contributed by atoms with Gasteiger partial charge in [0.1, 0.15) is 24.2 Å². The maximum absolute atomic E-state index is 12.7. The monoisotopic (exact) mass is 344 g/mol. The Kier molecular flexibility index (Phi) is 4.09. The molecule has 0 bridgehead atoms. The van der Waals surface area contributed by atoms with E-state index in [4.69, 9.17) is 4.74 Å². The smallest absolute Gasteiger partial charge is 0.325 e. The number of hydrogen-bond acceptors (Lipinski definition) is 6. The van der Waals surface area contributed by atoms with Crippen molar-refractivity contribution in [2.75, 3.05) is 19.0 Å². The van der Waals surface area contributed by atoms with Crippen molar-refractivity contribution < 1.29 is 19.1 Å². The van der Waals surface area contributed by atoms with Gasteiger partial charge in [0.15, 0.2) is 0 Å². The van der Waals surface area contributed by atoms with E-state index in [0.29, 0.717) is 11.3 Å². The molecule has 0 radical (unpaired) electrons. The fraction of sp³-hybridized carbons (Fsp3) is 0.267. The summed E-state index contributed by atoms with van der Waals surface area (Å²) < 4.78 is 5.09. The third-order valence-electron chi connectivity index (χ3n) is 3.92. The summed E-state index contributed by atoms with van der Waals surface area (Å²) in [7, 11) is 1.54. The number of aromatic amines is 1. The van der Waals surface area contributed by atoms with Crippen LogP contribution in [0.5, 0.6) is 5.75 Å². The van der Waals surface area contributed by atoms with Gasteiger partial charge in [0.25, 0.3) is 5.91 Å². The Bertz CT molecular complexity index is 804. The van der Waals surface area contributed by atoms with E-state index >= 15 is 0 Å². The van der Waals surface area contributed by atoms with Crippen molar-refractivity contribution >= 4 is 23.8 Å². The third-order valence-corrected chi connectivity index (χ3v) is 3.92. The zero-order valence-corrected chi connectivity index (χ0v) is 13.6. The van der Waals surface area contributed by atoms with Crippen LogP contribution in [0.15, 0.2) is 30.6 Å². The molecule has 0 aliphatic carbocycles. The van der Waals surface area contributed by atoms with Gasteiger partial charge in [-0.2, -0.15) is 10.1 Å². The Morgan fingerprint density at radius 3 is 2.64 bits per heavy atom. The van der Waals surface area contributed by atoms with Gasteiger partial charge in [-0.1, -0.05) is 12.1 Å². The molecule has 2 heterocycles. The molecular formula is C15H16N6O4. The molecule has 1 fully saturated rings. The quantitative estimate of drug-likeness (QED) is 0.665. The summed E-state index contributed by atoms with van der Waals surface area (Å²) in [5.74, 6) is -0.322. The van der Waals surface area contributed by atoms with E-state index in [1.54, 1.807) is 31.2 Å². The van der Waals surface area contributed by atoms with Crippen LogP contribution in [0.25, 0.3) is 0 Å². The summed E-state index contributed by atoms with van der Waals surface area (Å²) in [6, 6.07) is 6.12. The molecule has 1 atom stereocenters. The van der Waals surface area contributed by atoms with Crippen molar-refractivity contribution in [3.05, 3.63) is 36.2 Å². The molecule has 1 unspecified atom stereocenters. The average Bonchev–Trinajstić information content (AvgIpc) is 3.18. The second-order valence-corrected chi connectivity index (χ2v) is 5.56. The van der Waals surface area contributed by atoms with Crippen LogP contribution in [0.4, 0.5) is 10.7 Å². The molecule has 1 aliphatic rings. The van der Waals surface area contributed by atoms with Crippen LogP contribution in [0.2, 0.25) is 0 Å². The molecule has 10 nitrogen and oxygen atoms in total. The Labute approximate surface area is 142 Å². The van der Waals surface area contributed by atoms with E-state index in [-0.39, 0.29) is 5.95 Å². The molecule has 25 heavy (non-hydrogen) atoms. The Morgan fingerprint density at radius 2 is 2.04 bits per heavy atom. The minimum absolute atomic E-state index is 0.134. The lowest BCUT2D eigenvalue weighted by Gasteiger charge is -2.22. The normalized spacial score (nSPS) is 19.7. The molecule has 1 saturated heterocycles. The number of rotatable bonds is 5. The van der Waals surface area contributed by atoms with Crippen molar-refractivity contribution in [2.45, 2.75) is 12.5 Å². The first-order valence-electron chi connectivity index (χ1n) is 7.38. The largest absolute Gasteiger partial charge is 0.497 e. The number of carbonyl (C=O) groups excluding carboxylic acids is 3. The van der Waals surface area contributed by atoms with Crippen LogP contribution in [0, 0.1) is 0 Å². The summed E-state index contributed by atoms with van der Waals surface area (Å²) in [5.41, 5.74) is -0.666. The molecule has 2 aromatic rings. The minimum Gasteiger partial charge on any atom is -0.497 e. The topological polar surface area (TPSA) is 129 Å². The lowest BCUT2D eigenvalue weighted by atomic mass is 9.92. The maximum Gasteiger partial charge on any atom is 0.325 e. The minimum atomic E-state index is -1.25. The standard InChI is InChI=1S/C15H16N6O4/c1-15(9-3-5-10(25-2)6-4-9)12(23)21(14(24)19-15)7-11(22)18-13-16-8-17-20-13/h3-6,8H,7H2,1-2H3,(H,19,24)(H2,16,17,18,20,22). The molecule has 4 amide bonds. The second kappa shape index (κ2) is 6.23. The lowest BCUT2D eigenvalue weighted by molar-refractivity contribution is -0.133. The SMILES string of the molecule is COc1ccc(C2(C)NC(=O)N(CC(=O)Nc3ncn[nH]3)C2=O)cc1. The van der Waals surface area contributed by atoms with Crippen LogP contribution in [0.1, 0.15) is 12.5 Å². The molecule has 3 N–H and O–H groups in total. The van der Waals surface area contributed by atoms with Crippen molar-refractivity contribution in [3.8, 4) is 5.75 Å². The number of H-pyrrole nitrogens is 1. The van der Waals surface area contributed by atoms with Crippen LogP contribution >= 0.6 is 0 Å². The predicted molar refractivity (Wildman–Crippen MR) is 85.6 cm³/mol. The van der Waals surface area contributed by atoms with E-state index in [9.17, 15) is 14.4 Å². The van der Waals surface area contributed by atoms with E-state index in [0.717, 1.165) is 4.90 Å². The number of nitrogens with one attached hydrogen (secondary N) is 3. The summed E-state index contributed by atoms with van der Waals surface area (Å²) in [4.78, 5) is 41.5. The zero-order valence-electron chi connectivity index (χ0n) is 13.6. The predicted octanol–water partition coefficient (Wildman–Crippen LogP) is 0.219. The molecule has 0 saturated carbocycles. The first kappa shape index (κ1) is 16.4. The van der Waals surface area contributed by atoms with Crippen LogP contribution in [-0.2, 0) is 15.1 Å². The lowest BCUT2D eigenvalue weighted by Crippen LogP contribution is -2.42. The number of nitrogens with zero attached hydrogens (tertiary/aromatic N) is 3. The summed E-state index contributed by atoms with van der Waals surface area (Å²) in [6.07, 6.45) is 1.23. The highest BCUT2D eigenvalue weighted by Crippen LogP contribution is 2.29. The fourth-order valence-electron chi connectivity index (χ4n) is 2.54. The number of imide groups is 1. The van der Waals surface area contributed by atoms with Crippen LogP contribution in [-0.4, -0.2) is 51.6 Å². The first-order valence-corrected chi connectivity index (χ1v) is 7.38. The summed E-state index contributed by atoms with van der Waals surface area (Å²) >= 11 is 0. The average molecular weight is 344 g/mol. The van der Waals surface area contributed by atoms with Gasteiger partial charge in [-0.05, 0) is 24.6 Å². The van der Waals surface area contributed by atoms with Gasteiger partial charge in [0.05, 0.1) is 7.11 Å². The van der Waals surface area contributed by atoms with Crippen molar-refractivity contribution in [3.63, 3.8) is 0 Å². The number of ether oxygens (including phenoxy) is 1. The molecule has 130 valence electrons. The molecule has 10 heteroatoms. The van der Waals surface area contributed by atoms with Gasteiger partial charge < -0.3 is 10.1 Å². The Balaban J connectivity index is 1.75. The van der Waals surface area contributed by atoms with Crippen LogP contribution in [0.3, 0.4) is 0 Å². The van der Waals surface area contributed by atoms with E-state index in [2.05, 4.69) is 25.8 Å². The van der Waals surface area contributed by atoms with Crippen molar-refractivity contribution in [2.24, 2.45) is 0 Å². The number of aromatic nitrogens is 3. The fourth-order valence-corrected chi connectivity index (χ4v) is 2.54. The highest BCUT2D eigenvalue weighted by atomic mass is 16.5. The highest BCUT2D eigenvalue weighted by molar-refractivity contribution is 6.10. The van der Waals surface area contributed by atoms with Gasteiger partial charge in [-0.25, -0.2) is 9.89 Å². The Hall–Kier alpha value is -3.43. The van der Waals surface area contributed by atoms with Crippen molar-refractivity contribution in [1.82, 2.24) is 25.4 Å². The molecule has 1 aromatic carbocycles. The number of methoxy groups -OCH3 is 1. The first-order chi connectivity index (χ1) is 11.9. The van der Waals surface area contributed by atoms with E-state index in [1.807, 2.05) is 0 Å². The molecule has 0 spiro atoms. The van der Waals surface area contributed by atoms with E-state index < -0.39 is 29.9 Å². The number of hydrogen-bond donors (Lipinski definition) is 3. The maximum atomic E-state index is 12.7. The summed E-state index contributed by atoms with van der Waals surface area (Å²) in [6.45, 7) is 1.15. The van der Waals surface area contributed by atoms with Crippen molar-refractivity contribution in [1.29, 1.82) is 0 Å². The second-order valence-electron chi connectivity index (χ2n) is 5.56. The number of urea groups is 1. The zero-order chi connectivity index (χ0) is 18.0. The Morgan fingerprint density at radius 1 is 1.32 bits per heavy atom. The molecule has 1 aliphatic heterocycles. The number of anilines is 1. The van der Waals surface area contributed by atoms with Gasteiger partial charge in [-0.15, -0.1) is 0 Å². The van der Waals surface area contributed by atoms with E-state index in [1.165, 1.54) is 13.4 Å². The number of benzene rings is 1.